The van der Waals surface area contributed by atoms with Crippen LogP contribution in [0, 0.1) is 6.92 Å². The van der Waals surface area contributed by atoms with E-state index in [0.717, 1.165) is 19.5 Å². The van der Waals surface area contributed by atoms with E-state index in [9.17, 15) is 4.79 Å². The average Bonchev–Trinajstić information content (AvgIpc) is 2.35. The number of amides is 1. The highest BCUT2D eigenvalue weighted by Crippen LogP contribution is 2.14. The zero-order valence-electron chi connectivity index (χ0n) is 11.7. The van der Waals surface area contributed by atoms with Gasteiger partial charge in [-0.1, -0.05) is 19.1 Å². The maximum Gasteiger partial charge on any atom is 0.220 e. The lowest BCUT2D eigenvalue weighted by molar-refractivity contribution is -0.121. The molecular formula is C15H24N2O. The molecule has 0 heterocycles. The van der Waals surface area contributed by atoms with E-state index in [4.69, 9.17) is 0 Å². The van der Waals surface area contributed by atoms with Gasteiger partial charge in [0, 0.05) is 31.7 Å². The highest BCUT2D eigenvalue weighted by atomic mass is 16.1. The highest BCUT2D eigenvalue weighted by Gasteiger charge is 2.05. The molecule has 0 radical (unpaired) electrons. The highest BCUT2D eigenvalue weighted by molar-refractivity contribution is 5.75. The molecule has 3 nitrogen and oxygen atoms in total. The van der Waals surface area contributed by atoms with Crippen LogP contribution in [0.1, 0.15) is 32.3 Å². The summed E-state index contributed by atoms with van der Waals surface area (Å²) in [4.78, 5) is 13.7. The second-order valence-corrected chi connectivity index (χ2v) is 4.52. The van der Waals surface area contributed by atoms with Crippen molar-refractivity contribution in [2.75, 3.05) is 24.5 Å². The van der Waals surface area contributed by atoms with Crippen LogP contribution in [0.4, 0.5) is 5.69 Å². The first-order valence-electron chi connectivity index (χ1n) is 6.75. The number of nitrogens with zero attached hydrogens (tertiary/aromatic N) is 1. The maximum atomic E-state index is 11.4. The minimum atomic E-state index is 0.151. The third-order valence-electron chi connectivity index (χ3n) is 2.93. The van der Waals surface area contributed by atoms with E-state index in [2.05, 4.69) is 48.3 Å². The van der Waals surface area contributed by atoms with Crippen molar-refractivity contribution in [3.63, 3.8) is 0 Å². The van der Waals surface area contributed by atoms with Crippen LogP contribution in [0.15, 0.2) is 24.3 Å². The van der Waals surface area contributed by atoms with E-state index in [0.29, 0.717) is 13.0 Å². The van der Waals surface area contributed by atoms with Crippen LogP contribution in [0.5, 0.6) is 0 Å². The topological polar surface area (TPSA) is 32.3 Å². The first-order valence-corrected chi connectivity index (χ1v) is 6.75. The predicted molar refractivity (Wildman–Crippen MR) is 77.0 cm³/mol. The maximum absolute atomic E-state index is 11.4. The lowest BCUT2D eigenvalue weighted by Gasteiger charge is -2.23. The number of carbonyl (C=O) groups excluding carboxylic acids is 1. The van der Waals surface area contributed by atoms with Crippen LogP contribution < -0.4 is 10.2 Å². The van der Waals surface area contributed by atoms with Gasteiger partial charge in [0.1, 0.15) is 0 Å². The van der Waals surface area contributed by atoms with Gasteiger partial charge in [0.2, 0.25) is 5.91 Å². The minimum absolute atomic E-state index is 0.151. The Morgan fingerprint density at radius 3 is 2.72 bits per heavy atom. The lowest BCUT2D eigenvalue weighted by atomic mass is 10.2. The fraction of sp³-hybridized carbons (Fsp3) is 0.533. The first-order chi connectivity index (χ1) is 8.67. The molecule has 1 aromatic carbocycles. The fourth-order valence-electron chi connectivity index (χ4n) is 1.94. The van der Waals surface area contributed by atoms with E-state index in [1.807, 2.05) is 6.92 Å². The molecule has 0 aliphatic carbocycles. The average molecular weight is 248 g/mol. The Morgan fingerprint density at radius 2 is 2.11 bits per heavy atom. The lowest BCUT2D eigenvalue weighted by Crippen LogP contribution is -2.34. The molecule has 18 heavy (non-hydrogen) atoms. The molecule has 0 unspecified atom stereocenters. The molecule has 0 aromatic heterocycles. The summed E-state index contributed by atoms with van der Waals surface area (Å²) in [5, 5.41) is 2.95. The van der Waals surface area contributed by atoms with E-state index in [-0.39, 0.29) is 5.91 Å². The van der Waals surface area contributed by atoms with E-state index in [1.54, 1.807) is 0 Å². The Kier molecular flexibility index (Phi) is 6.26. The summed E-state index contributed by atoms with van der Waals surface area (Å²) in [5.41, 5.74) is 2.49. The Balaban J connectivity index is 2.45. The molecule has 1 amide bonds. The van der Waals surface area contributed by atoms with Crippen molar-refractivity contribution in [1.82, 2.24) is 5.32 Å². The van der Waals surface area contributed by atoms with Crippen molar-refractivity contribution in [2.24, 2.45) is 0 Å². The third kappa shape index (κ3) is 4.78. The van der Waals surface area contributed by atoms with Crippen molar-refractivity contribution in [1.29, 1.82) is 0 Å². The number of nitrogens with one attached hydrogen (secondary N) is 1. The van der Waals surface area contributed by atoms with Crippen LogP contribution in [0.25, 0.3) is 0 Å². The number of carbonyl (C=O) groups is 1. The monoisotopic (exact) mass is 248 g/mol. The number of likely N-dealkylation sites (N-methyl/N-ethyl adjacent to an activating group) is 1. The fourth-order valence-corrected chi connectivity index (χ4v) is 1.94. The second kappa shape index (κ2) is 7.75. The van der Waals surface area contributed by atoms with Crippen LogP contribution >= 0.6 is 0 Å². The summed E-state index contributed by atoms with van der Waals surface area (Å²) in [5.74, 6) is 0.151. The van der Waals surface area contributed by atoms with Gasteiger partial charge in [0.15, 0.2) is 0 Å². The molecule has 0 aliphatic rings. The molecular weight excluding hydrogens is 224 g/mol. The molecule has 0 spiro atoms. The van der Waals surface area contributed by atoms with Gasteiger partial charge in [0.05, 0.1) is 0 Å². The molecule has 0 saturated carbocycles. The zero-order chi connectivity index (χ0) is 13.4. The number of aryl methyl sites for hydroxylation is 1. The second-order valence-electron chi connectivity index (χ2n) is 4.52. The van der Waals surface area contributed by atoms with Gasteiger partial charge in [-0.25, -0.2) is 0 Å². The van der Waals surface area contributed by atoms with Crippen molar-refractivity contribution < 1.29 is 4.79 Å². The summed E-state index contributed by atoms with van der Waals surface area (Å²) in [6, 6.07) is 8.46. The standard InChI is InChI=1S/C15H24N2O/c1-4-7-15(18)16-10-11-17(5-2)14-9-6-8-13(3)12-14/h6,8-9,12H,4-5,7,10-11H2,1-3H3,(H,16,18). The van der Waals surface area contributed by atoms with Crippen LogP contribution in [0.3, 0.4) is 0 Å². The molecule has 0 saturated heterocycles. The van der Waals surface area contributed by atoms with Crippen molar-refractivity contribution in [2.45, 2.75) is 33.6 Å². The molecule has 3 heteroatoms. The Bertz CT molecular complexity index is 377. The first kappa shape index (κ1) is 14.6. The van der Waals surface area contributed by atoms with E-state index >= 15 is 0 Å². The third-order valence-corrected chi connectivity index (χ3v) is 2.93. The smallest absolute Gasteiger partial charge is 0.220 e. The van der Waals surface area contributed by atoms with Gasteiger partial charge >= 0.3 is 0 Å². The van der Waals surface area contributed by atoms with Crippen molar-refractivity contribution in [3.8, 4) is 0 Å². The summed E-state index contributed by atoms with van der Waals surface area (Å²) >= 11 is 0. The Labute approximate surface area is 110 Å². The number of rotatable bonds is 7. The van der Waals surface area contributed by atoms with Gasteiger partial charge in [-0.05, 0) is 38.0 Å². The van der Waals surface area contributed by atoms with Crippen molar-refractivity contribution in [3.05, 3.63) is 29.8 Å². The summed E-state index contributed by atoms with van der Waals surface area (Å²) < 4.78 is 0. The number of anilines is 1. The molecule has 0 fully saturated rings. The molecule has 0 aliphatic heterocycles. The van der Waals surface area contributed by atoms with Crippen LogP contribution in [-0.2, 0) is 4.79 Å². The largest absolute Gasteiger partial charge is 0.370 e. The summed E-state index contributed by atoms with van der Waals surface area (Å²) in [7, 11) is 0. The SMILES string of the molecule is CCCC(=O)NCCN(CC)c1cccc(C)c1. The van der Waals surface area contributed by atoms with Crippen LogP contribution in [-0.4, -0.2) is 25.5 Å². The van der Waals surface area contributed by atoms with E-state index < -0.39 is 0 Å². The van der Waals surface area contributed by atoms with Gasteiger partial charge in [-0.15, -0.1) is 0 Å². The van der Waals surface area contributed by atoms with E-state index in [1.165, 1.54) is 11.3 Å². The molecule has 0 atom stereocenters. The Morgan fingerprint density at radius 1 is 1.33 bits per heavy atom. The number of hydrogen-bond donors (Lipinski definition) is 1. The molecule has 1 N–H and O–H groups in total. The number of hydrogen-bond acceptors (Lipinski definition) is 2. The molecule has 1 rings (SSSR count). The van der Waals surface area contributed by atoms with Crippen molar-refractivity contribution >= 4 is 11.6 Å². The number of benzene rings is 1. The normalized spacial score (nSPS) is 10.2. The minimum Gasteiger partial charge on any atom is -0.370 e. The van der Waals surface area contributed by atoms with Crippen LogP contribution in [0.2, 0.25) is 0 Å². The Hall–Kier alpha value is -1.51. The quantitative estimate of drug-likeness (QED) is 0.804. The summed E-state index contributed by atoms with van der Waals surface area (Å²) in [6.07, 6.45) is 1.53. The van der Waals surface area contributed by atoms with Gasteiger partial charge < -0.3 is 10.2 Å². The van der Waals surface area contributed by atoms with Gasteiger partial charge in [-0.2, -0.15) is 0 Å². The summed E-state index contributed by atoms with van der Waals surface area (Å²) in [6.45, 7) is 8.77. The van der Waals surface area contributed by atoms with Gasteiger partial charge in [0.25, 0.3) is 0 Å². The predicted octanol–water partition coefficient (Wildman–Crippen LogP) is 2.74. The van der Waals surface area contributed by atoms with Gasteiger partial charge in [-0.3, -0.25) is 4.79 Å². The molecule has 1 aromatic rings. The zero-order valence-corrected chi connectivity index (χ0v) is 11.7. The molecule has 0 bridgehead atoms. The molecule has 100 valence electrons.